The summed E-state index contributed by atoms with van der Waals surface area (Å²) in [5, 5.41) is 6.11. The molecule has 10 fully saturated rings. The average molecular weight is 682 g/mol. The fourth-order valence-corrected chi connectivity index (χ4v) is 22.1. The molecule has 10 aliphatic rings. The average Bonchev–Trinajstić information content (AvgIpc) is 3.81. The van der Waals surface area contributed by atoms with Gasteiger partial charge >= 0.3 is 0 Å². The Morgan fingerprint density at radius 3 is 1.67 bits per heavy atom. The Morgan fingerprint density at radius 1 is 0.326 bits per heavy atom. The first-order valence-corrected chi connectivity index (χ1v) is 24.4. The van der Waals surface area contributed by atoms with Crippen LogP contribution in [0.4, 0.5) is 0 Å². The molecular weight excluding hydrogens is 615 g/mol. The van der Waals surface area contributed by atoms with Crippen LogP contribution < -0.4 is 0 Å². The molecule has 10 rings (SSSR count). The third-order valence-corrected chi connectivity index (χ3v) is 22.6. The zero-order valence-corrected chi connectivity index (χ0v) is 31.6. The van der Waals surface area contributed by atoms with Crippen LogP contribution in [0.1, 0.15) is 161 Å². The molecule has 0 aromatic heterocycles. The third-order valence-electron chi connectivity index (χ3n) is 17.0. The summed E-state index contributed by atoms with van der Waals surface area (Å²) >= 11 is 7.74. The zero-order chi connectivity index (χ0) is 30.2. The highest BCUT2D eigenvalue weighted by Crippen LogP contribution is 2.65. The summed E-state index contributed by atoms with van der Waals surface area (Å²) in [7, 11) is 0. The molecule has 0 amide bonds. The van der Waals surface area contributed by atoms with Crippen molar-refractivity contribution in [1.29, 1.82) is 0 Å². The van der Waals surface area contributed by atoms with Gasteiger partial charge in [-0.15, -0.1) is 0 Å². The lowest BCUT2D eigenvalue weighted by molar-refractivity contribution is -0.0311. The van der Waals surface area contributed by atoms with Crippen molar-refractivity contribution in [2.24, 2.45) is 47.3 Å². The van der Waals surface area contributed by atoms with E-state index in [9.17, 15) is 0 Å². The van der Waals surface area contributed by atoms with Crippen LogP contribution in [0, 0.1) is 47.3 Å². The van der Waals surface area contributed by atoms with Crippen LogP contribution in [0.3, 0.4) is 0 Å². The fraction of sp³-hybridized carbons (Fsp3) is 1.00. The highest BCUT2D eigenvalue weighted by Gasteiger charge is 2.61. The van der Waals surface area contributed by atoms with Gasteiger partial charge in [-0.1, -0.05) is 70.6 Å². The molecular formula is C42H67NS3. The van der Waals surface area contributed by atoms with Gasteiger partial charge in [-0.25, -0.2) is 0 Å². The van der Waals surface area contributed by atoms with Gasteiger partial charge < -0.3 is 0 Å². The highest BCUT2D eigenvalue weighted by molar-refractivity contribution is 8.02. The van der Waals surface area contributed by atoms with Crippen molar-refractivity contribution in [3.63, 3.8) is 0 Å². The van der Waals surface area contributed by atoms with E-state index in [1.54, 1.807) is 122 Å². The summed E-state index contributed by atoms with van der Waals surface area (Å²) < 4.78 is 0. The topological polar surface area (TPSA) is 3.24 Å². The van der Waals surface area contributed by atoms with Crippen molar-refractivity contribution in [2.75, 3.05) is 0 Å². The van der Waals surface area contributed by atoms with E-state index >= 15 is 0 Å². The summed E-state index contributed by atoms with van der Waals surface area (Å²) in [6.07, 6.45) is 39.0. The Labute approximate surface area is 296 Å². The normalized spacial score (nSPS) is 53.9. The molecule has 0 N–H and O–H groups in total. The summed E-state index contributed by atoms with van der Waals surface area (Å²) in [4.78, 5) is 3.51. The minimum Gasteiger partial charge on any atom is -0.293 e. The molecule has 0 radical (unpaired) electrons. The highest BCUT2D eigenvalue weighted by atomic mass is 32.2. The van der Waals surface area contributed by atoms with Crippen molar-refractivity contribution in [3.05, 3.63) is 0 Å². The van der Waals surface area contributed by atoms with E-state index in [0.717, 1.165) is 97.0 Å². The molecule has 0 aromatic rings. The lowest BCUT2D eigenvalue weighted by atomic mass is 9.64. The lowest BCUT2D eigenvalue weighted by Crippen LogP contribution is -2.60. The minimum atomic E-state index is 0.914. The van der Waals surface area contributed by atoms with E-state index in [1.165, 1.54) is 38.5 Å². The standard InChI is InChI=1S/C42H67NS3/c1-2-10-26(11-3-1)27-20-22-28(23-21-27)43(33-15-9-19-37-39(33)31-12-4-6-17-35(31)44-37)34-16-8-14-29-30-24-25-38-40(42(30)46-41(29)34)32-13-5-7-18-36(32)45-38/h26-42H,1-25H2. The van der Waals surface area contributed by atoms with Crippen molar-refractivity contribution in [1.82, 2.24) is 4.90 Å². The van der Waals surface area contributed by atoms with E-state index in [1.807, 2.05) is 0 Å². The lowest BCUT2D eigenvalue weighted by Gasteiger charge is -2.54. The van der Waals surface area contributed by atoms with Crippen LogP contribution in [0.25, 0.3) is 0 Å². The van der Waals surface area contributed by atoms with Gasteiger partial charge in [0.15, 0.2) is 0 Å². The molecule has 0 aromatic carbocycles. The molecule has 14 atom stereocenters. The number of hydrogen-bond acceptors (Lipinski definition) is 4. The van der Waals surface area contributed by atoms with E-state index in [-0.39, 0.29) is 0 Å². The van der Waals surface area contributed by atoms with Gasteiger partial charge in [0.2, 0.25) is 0 Å². The van der Waals surface area contributed by atoms with Crippen molar-refractivity contribution in [2.45, 2.75) is 210 Å². The second kappa shape index (κ2) is 13.5. The molecule has 4 heteroatoms. The maximum atomic E-state index is 3.51. The number of nitrogens with zero attached hydrogens (tertiary/aromatic N) is 1. The molecule has 3 aliphatic heterocycles. The summed E-state index contributed by atoms with van der Waals surface area (Å²) in [6, 6.07) is 2.76. The predicted octanol–water partition coefficient (Wildman–Crippen LogP) is 11.6. The van der Waals surface area contributed by atoms with Gasteiger partial charge in [0.05, 0.1) is 0 Å². The molecule has 7 aliphatic carbocycles. The van der Waals surface area contributed by atoms with Crippen LogP contribution in [0.5, 0.6) is 0 Å². The van der Waals surface area contributed by atoms with E-state index in [4.69, 9.17) is 0 Å². The van der Waals surface area contributed by atoms with E-state index in [2.05, 4.69) is 40.2 Å². The van der Waals surface area contributed by atoms with Gasteiger partial charge in [-0.3, -0.25) is 4.90 Å². The van der Waals surface area contributed by atoms with Gasteiger partial charge in [0, 0.05) is 49.6 Å². The monoisotopic (exact) mass is 681 g/mol. The molecule has 3 heterocycles. The predicted molar refractivity (Wildman–Crippen MR) is 202 cm³/mol. The zero-order valence-electron chi connectivity index (χ0n) is 29.2. The summed E-state index contributed by atoms with van der Waals surface area (Å²) in [5.74, 6) is 8.57. The molecule has 3 saturated heterocycles. The second-order valence-corrected chi connectivity index (χ2v) is 23.2. The molecule has 7 saturated carbocycles. The Morgan fingerprint density at radius 2 is 0.891 bits per heavy atom. The maximum absolute atomic E-state index is 3.51. The Balaban J connectivity index is 0.950. The van der Waals surface area contributed by atoms with Crippen LogP contribution in [0.15, 0.2) is 0 Å². The number of thioether (sulfide) groups is 3. The number of hydrogen-bond donors (Lipinski definition) is 0. The molecule has 1 nitrogen and oxygen atoms in total. The first kappa shape index (κ1) is 31.7. The van der Waals surface area contributed by atoms with Crippen LogP contribution in [-0.2, 0) is 0 Å². The smallest absolute Gasteiger partial charge is 0.0237 e. The van der Waals surface area contributed by atoms with Crippen LogP contribution >= 0.6 is 35.3 Å². The van der Waals surface area contributed by atoms with Crippen molar-refractivity contribution >= 4 is 35.3 Å². The minimum absolute atomic E-state index is 0.914. The van der Waals surface area contributed by atoms with Crippen LogP contribution in [0.2, 0.25) is 0 Å². The molecule has 258 valence electrons. The quantitative estimate of drug-likeness (QED) is 0.290. The number of fused-ring (bicyclic) bond motifs is 10. The first-order chi connectivity index (χ1) is 22.8. The van der Waals surface area contributed by atoms with Gasteiger partial charge in [0.25, 0.3) is 0 Å². The molecule has 0 spiro atoms. The van der Waals surface area contributed by atoms with Gasteiger partial charge in [0.1, 0.15) is 0 Å². The van der Waals surface area contributed by atoms with Crippen LogP contribution in [-0.4, -0.2) is 54.5 Å². The number of rotatable bonds is 4. The third kappa shape index (κ3) is 5.49. The SMILES string of the molecule is C1CCC(C2CCC(N(C3CCCC4C5CCC6SC7CCCCC7C6C5SC43)C3CCCC4SC5CCCCC5C43)CC2)CC1. The molecule has 14 unspecified atom stereocenters. The maximum Gasteiger partial charge on any atom is 0.0237 e. The molecule has 0 bridgehead atoms. The van der Waals surface area contributed by atoms with E-state index in [0.29, 0.717) is 0 Å². The Kier molecular flexibility index (Phi) is 9.33. The second-order valence-electron chi connectivity index (χ2n) is 18.9. The largest absolute Gasteiger partial charge is 0.293 e. The van der Waals surface area contributed by atoms with E-state index < -0.39 is 0 Å². The van der Waals surface area contributed by atoms with Gasteiger partial charge in [-0.2, -0.15) is 35.3 Å². The summed E-state index contributed by atoms with van der Waals surface area (Å²) in [5.41, 5.74) is 0. The molecule has 46 heavy (non-hydrogen) atoms. The van der Waals surface area contributed by atoms with Gasteiger partial charge in [-0.05, 0) is 137 Å². The Hall–Kier alpha value is 1.01. The van der Waals surface area contributed by atoms with Crippen molar-refractivity contribution < 1.29 is 0 Å². The fourth-order valence-electron chi connectivity index (χ4n) is 15.3. The first-order valence-electron chi connectivity index (χ1n) is 21.6. The summed E-state index contributed by atoms with van der Waals surface area (Å²) in [6.45, 7) is 0. The Bertz CT molecular complexity index is 1050. The van der Waals surface area contributed by atoms with Crippen molar-refractivity contribution in [3.8, 4) is 0 Å².